The van der Waals surface area contributed by atoms with E-state index in [0.717, 1.165) is 33.5 Å². The van der Waals surface area contributed by atoms with Crippen molar-refractivity contribution in [3.8, 4) is 22.7 Å². The summed E-state index contributed by atoms with van der Waals surface area (Å²) in [6.45, 7) is 6.30. The maximum atomic E-state index is 13.3. The molecule has 2 aromatic carbocycles. The van der Waals surface area contributed by atoms with E-state index >= 15 is 0 Å². The van der Waals surface area contributed by atoms with Crippen LogP contribution >= 0.6 is 0 Å². The molecule has 0 fully saturated rings. The number of nitrogens with zero attached hydrogens (tertiary/aromatic N) is 6. The lowest BCUT2D eigenvalue weighted by atomic mass is 10.2. The molecule has 5 rings (SSSR count). The predicted octanol–water partition coefficient (Wildman–Crippen LogP) is 5.17. The Labute approximate surface area is 195 Å². The number of halogens is 1. The van der Waals surface area contributed by atoms with Crippen LogP contribution in [0.25, 0.3) is 27.8 Å². The van der Waals surface area contributed by atoms with Crippen molar-refractivity contribution in [2.24, 2.45) is 0 Å². The minimum absolute atomic E-state index is 0.293. The second-order valence-corrected chi connectivity index (χ2v) is 7.66. The lowest BCUT2D eigenvalue weighted by Gasteiger charge is -2.11. The van der Waals surface area contributed by atoms with Crippen molar-refractivity contribution in [3.63, 3.8) is 0 Å². The Morgan fingerprint density at radius 2 is 1.76 bits per heavy atom. The fourth-order valence-corrected chi connectivity index (χ4v) is 3.71. The molecule has 9 heteroatoms. The van der Waals surface area contributed by atoms with Gasteiger partial charge in [0.1, 0.15) is 17.1 Å². The highest BCUT2D eigenvalue weighted by Crippen LogP contribution is 2.28. The second-order valence-electron chi connectivity index (χ2n) is 7.66. The van der Waals surface area contributed by atoms with Crippen molar-refractivity contribution in [2.75, 3.05) is 11.9 Å². The summed E-state index contributed by atoms with van der Waals surface area (Å²) in [5.41, 5.74) is 4.62. The van der Waals surface area contributed by atoms with Crippen LogP contribution in [0.2, 0.25) is 0 Å². The lowest BCUT2D eigenvalue weighted by Crippen LogP contribution is -2.04. The van der Waals surface area contributed by atoms with Gasteiger partial charge in [-0.15, -0.1) is 0 Å². The van der Waals surface area contributed by atoms with Crippen LogP contribution in [-0.2, 0) is 0 Å². The van der Waals surface area contributed by atoms with E-state index in [-0.39, 0.29) is 5.82 Å². The number of rotatable bonds is 6. The van der Waals surface area contributed by atoms with Gasteiger partial charge in [0.2, 0.25) is 11.9 Å². The molecule has 0 spiro atoms. The van der Waals surface area contributed by atoms with E-state index in [1.807, 2.05) is 51.2 Å². The molecule has 0 aliphatic heterocycles. The first-order chi connectivity index (χ1) is 16.5. The molecule has 0 amide bonds. The predicted molar refractivity (Wildman–Crippen MR) is 128 cm³/mol. The third kappa shape index (κ3) is 4.15. The third-order valence-corrected chi connectivity index (χ3v) is 5.33. The quantitative estimate of drug-likeness (QED) is 0.378. The number of hydrogen-bond acceptors (Lipinski definition) is 7. The zero-order chi connectivity index (χ0) is 23.7. The molecule has 0 radical (unpaired) electrons. The number of hydrogen-bond donors (Lipinski definition) is 1. The van der Waals surface area contributed by atoms with E-state index in [0.29, 0.717) is 29.9 Å². The molecule has 3 heterocycles. The average Bonchev–Trinajstić information content (AvgIpc) is 3.22. The number of nitrogens with one attached hydrogen (secondary N) is 1. The van der Waals surface area contributed by atoms with Gasteiger partial charge >= 0.3 is 0 Å². The highest BCUT2D eigenvalue weighted by molar-refractivity contribution is 5.87. The molecule has 0 atom stereocenters. The van der Waals surface area contributed by atoms with E-state index in [2.05, 4.69) is 30.4 Å². The number of anilines is 2. The number of ether oxygens (including phenoxy) is 1. The van der Waals surface area contributed by atoms with Crippen LogP contribution in [-0.4, -0.2) is 36.3 Å². The molecule has 5 aromatic rings. The first-order valence-electron chi connectivity index (χ1n) is 10.8. The molecule has 34 heavy (non-hydrogen) atoms. The number of para-hydroxylation sites is 1. The average molecular weight is 455 g/mol. The van der Waals surface area contributed by atoms with Crippen molar-refractivity contribution in [3.05, 3.63) is 78.1 Å². The summed E-state index contributed by atoms with van der Waals surface area (Å²) >= 11 is 0. The Kier molecular flexibility index (Phi) is 5.59. The van der Waals surface area contributed by atoms with Crippen molar-refractivity contribution >= 4 is 22.8 Å². The van der Waals surface area contributed by atoms with E-state index in [1.54, 1.807) is 23.0 Å². The molecular formula is C25H22FN7O. The van der Waals surface area contributed by atoms with E-state index in [9.17, 15) is 4.39 Å². The highest BCUT2D eigenvalue weighted by Gasteiger charge is 2.13. The Hall–Kier alpha value is -4.40. The summed E-state index contributed by atoms with van der Waals surface area (Å²) in [7, 11) is 0. The number of benzene rings is 2. The zero-order valence-electron chi connectivity index (χ0n) is 19.0. The molecule has 0 bridgehead atoms. The van der Waals surface area contributed by atoms with Gasteiger partial charge in [-0.05, 0) is 57.2 Å². The monoisotopic (exact) mass is 455 g/mol. The van der Waals surface area contributed by atoms with Crippen LogP contribution in [0.4, 0.5) is 16.3 Å². The first-order valence-corrected chi connectivity index (χ1v) is 10.8. The lowest BCUT2D eigenvalue weighted by molar-refractivity contribution is 0.343. The Morgan fingerprint density at radius 1 is 0.941 bits per heavy atom. The summed E-state index contributed by atoms with van der Waals surface area (Å²) in [5.74, 6) is 1.15. The molecule has 0 aliphatic carbocycles. The minimum Gasteiger partial charge on any atom is -0.492 e. The zero-order valence-corrected chi connectivity index (χ0v) is 19.0. The Balaban J connectivity index is 1.47. The fraction of sp³-hybridized carbons (Fsp3) is 0.160. The van der Waals surface area contributed by atoms with Gasteiger partial charge in [0.05, 0.1) is 29.4 Å². The maximum Gasteiger partial charge on any atom is 0.230 e. The molecule has 0 saturated carbocycles. The topological polar surface area (TPSA) is 90.6 Å². The van der Waals surface area contributed by atoms with Crippen molar-refractivity contribution in [1.29, 1.82) is 0 Å². The molecule has 3 aromatic heterocycles. The van der Waals surface area contributed by atoms with Crippen LogP contribution in [0.15, 0.2) is 60.9 Å². The van der Waals surface area contributed by atoms with Gasteiger partial charge < -0.3 is 4.74 Å². The van der Waals surface area contributed by atoms with Crippen LogP contribution in [0.1, 0.15) is 18.3 Å². The molecule has 8 nitrogen and oxygen atoms in total. The van der Waals surface area contributed by atoms with Crippen LogP contribution in [0.5, 0.6) is 5.75 Å². The van der Waals surface area contributed by atoms with Crippen molar-refractivity contribution in [1.82, 2.24) is 29.7 Å². The Bertz CT molecular complexity index is 1480. The smallest absolute Gasteiger partial charge is 0.230 e. The molecule has 170 valence electrons. The van der Waals surface area contributed by atoms with Gasteiger partial charge in [-0.2, -0.15) is 5.10 Å². The normalized spacial score (nSPS) is 11.1. The third-order valence-electron chi connectivity index (χ3n) is 5.33. The highest BCUT2D eigenvalue weighted by atomic mass is 19.1. The summed E-state index contributed by atoms with van der Waals surface area (Å²) in [5, 5.41) is 8.59. The molecule has 0 aliphatic rings. The van der Waals surface area contributed by atoms with Gasteiger partial charge in [0.25, 0.3) is 0 Å². The van der Waals surface area contributed by atoms with Crippen molar-refractivity contribution < 1.29 is 9.13 Å². The second kappa shape index (κ2) is 8.86. The van der Waals surface area contributed by atoms with Crippen molar-refractivity contribution in [2.45, 2.75) is 20.8 Å². The number of aromatic nitrogens is 6. The summed E-state index contributed by atoms with van der Waals surface area (Å²) in [4.78, 5) is 18.2. The number of fused-ring (bicyclic) bond motifs is 1. The molecular weight excluding hydrogens is 433 g/mol. The summed E-state index contributed by atoms with van der Waals surface area (Å²) < 4.78 is 20.7. The Morgan fingerprint density at radius 3 is 2.56 bits per heavy atom. The SMILES string of the molecule is CCOc1cccc2c(C)nc(Nc3nccc(-c4cn(-c5ccc(F)cc5)nc4C)n3)nc12. The minimum atomic E-state index is -0.293. The molecule has 0 unspecified atom stereocenters. The largest absolute Gasteiger partial charge is 0.492 e. The molecule has 0 saturated heterocycles. The van der Waals surface area contributed by atoms with Gasteiger partial charge in [0.15, 0.2) is 0 Å². The van der Waals surface area contributed by atoms with E-state index in [1.165, 1.54) is 12.1 Å². The van der Waals surface area contributed by atoms with Gasteiger partial charge in [-0.1, -0.05) is 12.1 Å². The summed E-state index contributed by atoms with van der Waals surface area (Å²) in [6, 6.07) is 13.8. The summed E-state index contributed by atoms with van der Waals surface area (Å²) in [6.07, 6.45) is 3.53. The standard InChI is InChI=1S/C25H22FN7O/c1-4-34-22-7-5-6-19-15(2)28-25(30-23(19)22)31-24-27-13-12-21(29-24)20-14-33(32-16(20)3)18-10-8-17(26)9-11-18/h5-14H,4H2,1-3H3,(H,27,28,29,30,31). The van der Waals surface area contributed by atoms with Gasteiger partial charge in [-0.25, -0.2) is 29.0 Å². The van der Waals surface area contributed by atoms with Gasteiger partial charge in [0, 0.05) is 23.3 Å². The van der Waals surface area contributed by atoms with E-state index < -0.39 is 0 Å². The fourth-order valence-electron chi connectivity index (χ4n) is 3.71. The van der Waals surface area contributed by atoms with Crippen LogP contribution in [0, 0.1) is 19.7 Å². The number of aryl methyl sites for hydroxylation is 2. The molecule has 1 N–H and O–H groups in total. The van der Waals surface area contributed by atoms with E-state index in [4.69, 9.17) is 4.74 Å². The van der Waals surface area contributed by atoms with Crippen LogP contribution < -0.4 is 10.1 Å². The van der Waals surface area contributed by atoms with Crippen LogP contribution in [0.3, 0.4) is 0 Å². The first kappa shape index (κ1) is 21.4. The van der Waals surface area contributed by atoms with Gasteiger partial charge in [-0.3, -0.25) is 5.32 Å². The maximum absolute atomic E-state index is 13.3.